The number of amides is 1. The fraction of sp³-hybridized carbons (Fsp3) is 0.267. The average Bonchev–Trinajstić information content (AvgIpc) is 2.99. The van der Waals surface area contributed by atoms with E-state index >= 15 is 0 Å². The molecule has 1 aromatic heterocycles. The molecule has 0 atom stereocenters. The number of nitrogens with two attached hydrogens (primary N) is 1. The molecule has 2 aromatic rings. The van der Waals surface area contributed by atoms with Crippen LogP contribution in [0.15, 0.2) is 36.7 Å². The molecule has 2 rings (SSSR count). The van der Waals surface area contributed by atoms with Crippen LogP contribution >= 0.6 is 0 Å². The van der Waals surface area contributed by atoms with E-state index in [1.807, 2.05) is 24.3 Å². The topological polar surface area (TPSA) is 77.0 Å². The highest BCUT2D eigenvalue weighted by molar-refractivity contribution is 5.75. The van der Waals surface area contributed by atoms with E-state index in [0.29, 0.717) is 13.1 Å². The number of carbonyl (C=O) groups is 1. The summed E-state index contributed by atoms with van der Waals surface area (Å²) in [5.74, 6) is 5.82. The van der Waals surface area contributed by atoms with Gasteiger partial charge in [-0.2, -0.15) is 0 Å². The Morgan fingerprint density at radius 2 is 2.24 bits per heavy atom. The first-order valence-corrected chi connectivity index (χ1v) is 6.55. The molecule has 0 bridgehead atoms. The Labute approximate surface area is 123 Å². The largest absolute Gasteiger partial charge is 0.340 e. The highest BCUT2D eigenvalue weighted by Crippen LogP contribution is 2.10. The van der Waals surface area contributed by atoms with Crippen molar-refractivity contribution in [3.8, 4) is 11.8 Å². The number of carbonyl (C=O) groups excluding carboxylic acids is 1. The van der Waals surface area contributed by atoms with Crippen LogP contribution in [0.4, 0.5) is 0 Å². The number of hydrogen-bond donors (Lipinski definition) is 1. The van der Waals surface area contributed by atoms with Gasteiger partial charge in [0.25, 0.3) is 0 Å². The standard InChI is InChI=1S/C15H17N5O/c1-19(15(21)12-20-10-9-17-18-20)11-14-6-3-2-5-13(14)7-4-8-16/h2-3,5-6,9-10H,8,11-12,16H2,1H3. The molecule has 0 saturated carbocycles. The number of rotatable bonds is 4. The zero-order valence-electron chi connectivity index (χ0n) is 11.9. The number of benzene rings is 1. The summed E-state index contributed by atoms with van der Waals surface area (Å²) in [7, 11) is 1.76. The monoisotopic (exact) mass is 283 g/mol. The van der Waals surface area contributed by atoms with Crippen LogP contribution in [0.2, 0.25) is 0 Å². The average molecular weight is 283 g/mol. The Balaban J connectivity index is 2.05. The van der Waals surface area contributed by atoms with Crippen LogP contribution in [0.5, 0.6) is 0 Å². The van der Waals surface area contributed by atoms with Crippen molar-refractivity contribution >= 4 is 5.91 Å². The summed E-state index contributed by atoms with van der Waals surface area (Å²) in [6.45, 7) is 0.978. The van der Waals surface area contributed by atoms with Crippen molar-refractivity contribution in [3.63, 3.8) is 0 Å². The van der Waals surface area contributed by atoms with Gasteiger partial charge in [-0.05, 0) is 11.6 Å². The third-order valence-electron chi connectivity index (χ3n) is 2.94. The summed E-state index contributed by atoms with van der Waals surface area (Å²) < 4.78 is 1.50. The molecule has 0 radical (unpaired) electrons. The maximum Gasteiger partial charge on any atom is 0.244 e. The summed E-state index contributed by atoms with van der Waals surface area (Å²) in [5, 5.41) is 7.47. The van der Waals surface area contributed by atoms with Gasteiger partial charge < -0.3 is 10.6 Å². The Bertz CT molecular complexity index is 654. The first-order chi connectivity index (χ1) is 10.2. The van der Waals surface area contributed by atoms with Gasteiger partial charge in [0.05, 0.1) is 12.7 Å². The summed E-state index contributed by atoms with van der Waals surface area (Å²) in [6, 6.07) is 7.73. The van der Waals surface area contributed by atoms with Crippen LogP contribution in [-0.2, 0) is 17.9 Å². The van der Waals surface area contributed by atoms with Crippen LogP contribution in [-0.4, -0.2) is 39.4 Å². The minimum Gasteiger partial charge on any atom is -0.340 e. The van der Waals surface area contributed by atoms with Crippen LogP contribution in [0.25, 0.3) is 0 Å². The second-order valence-corrected chi connectivity index (χ2v) is 4.51. The summed E-state index contributed by atoms with van der Waals surface area (Å²) in [6.07, 6.45) is 3.21. The number of hydrogen-bond acceptors (Lipinski definition) is 4. The molecular formula is C15H17N5O. The zero-order valence-corrected chi connectivity index (χ0v) is 11.9. The lowest BCUT2D eigenvalue weighted by molar-refractivity contribution is -0.131. The molecular weight excluding hydrogens is 266 g/mol. The molecule has 0 spiro atoms. The van der Waals surface area contributed by atoms with E-state index in [1.54, 1.807) is 24.3 Å². The van der Waals surface area contributed by atoms with E-state index in [0.717, 1.165) is 11.1 Å². The Morgan fingerprint density at radius 1 is 1.43 bits per heavy atom. The normalized spacial score (nSPS) is 9.81. The zero-order chi connectivity index (χ0) is 15.1. The lowest BCUT2D eigenvalue weighted by atomic mass is 10.1. The molecule has 6 heteroatoms. The second kappa shape index (κ2) is 7.22. The molecule has 108 valence electrons. The molecule has 0 unspecified atom stereocenters. The lowest BCUT2D eigenvalue weighted by Crippen LogP contribution is -2.30. The SMILES string of the molecule is CN(Cc1ccccc1C#CCN)C(=O)Cn1ccnn1. The third-order valence-corrected chi connectivity index (χ3v) is 2.94. The van der Waals surface area contributed by atoms with Gasteiger partial charge in [0.1, 0.15) is 6.54 Å². The predicted octanol–water partition coefficient (Wildman–Crippen LogP) is 0.247. The molecule has 21 heavy (non-hydrogen) atoms. The molecule has 0 saturated heterocycles. The van der Waals surface area contributed by atoms with Gasteiger partial charge in [0.2, 0.25) is 5.91 Å². The molecule has 1 amide bonds. The predicted molar refractivity (Wildman–Crippen MR) is 78.9 cm³/mol. The molecule has 1 heterocycles. The minimum atomic E-state index is -0.0397. The fourth-order valence-corrected chi connectivity index (χ4v) is 1.85. The van der Waals surface area contributed by atoms with E-state index in [4.69, 9.17) is 5.73 Å². The molecule has 0 fully saturated rings. The van der Waals surface area contributed by atoms with Crippen molar-refractivity contribution in [2.24, 2.45) is 5.73 Å². The van der Waals surface area contributed by atoms with Gasteiger partial charge >= 0.3 is 0 Å². The second-order valence-electron chi connectivity index (χ2n) is 4.51. The van der Waals surface area contributed by atoms with E-state index in [9.17, 15) is 4.79 Å². The maximum atomic E-state index is 12.1. The van der Waals surface area contributed by atoms with Crippen LogP contribution in [0, 0.1) is 11.8 Å². The van der Waals surface area contributed by atoms with Gasteiger partial charge in [0.15, 0.2) is 0 Å². The Kier molecular flexibility index (Phi) is 5.07. The summed E-state index contributed by atoms with van der Waals surface area (Å²) in [5.41, 5.74) is 7.28. The van der Waals surface area contributed by atoms with E-state index in [-0.39, 0.29) is 12.5 Å². The van der Waals surface area contributed by atoms with E-state index in [1.165, 1.54) is 4.68 Å². The van der Waals surface area contributed by atoms with Crippen LogP contribution in [0.3, 0.4) is 0 Å². The Morgan fingerprint density at radius 3 is 2.95 bits per heavy atom. The van der Waals surface area contributed by atoms with Crippen LogP contribution in [0.1, 0.15) is 11.1 Å². The Hall–Kier alpha value is -2.65. The number of likely N-dealkylation sites (N-methyl/N-ethyl adjacent to an activating group) is 1. The summed E-state index contributed by atoms with van der Waals surface area (Å²) >= 11 is 0. The molecule has 0 aliphatic heterocycles. The van der Waals surface area contributed by atoms with Crippen molar-refractivity contribution in [1.29, 1.82) is 0 Å². The maximum absolute atomic E-state index is 12.1. The highest BCUT2D eigenvalue weighted by atomic mass is 16.2. The molecule has 6 nitrogen and oxygen atoms in total. The van der Waals surface area contributed by atoms with Crippen molar-refractivity contribution in [3.05, 3.63) is 47.8 Å². The molecule has 1 aromatic carbocycles. The smallest absolute Gasteiger partial charge is 0.244 e. The van der Waals surface area contributed by atoms with Crippen molar-refractivity contribution < 1.29 is 4.79 Å². The van der Waals surface area contributed by atoms with Gasteiger partial charge in [-0.25, -0.2) is 4.68 Å². The highest BCUT2D eigenvalue weighted by Gasteiger charge is 2.11. The van der Waals surface area contributed by atoms with Gasteiger partial charge in [0, 0.05) is 25.4 Å². The van der Waals surface area contributed by atoms with E-state index < -0.39 is 0 Å². The van der Waals surface area contributed by atoms with Gasteiger partial charge in [-0.3, -0.25) is 4.79 Å². The minimum absolute atomic E-state index is 0.0397. The first-order valence-electron chi connectivity index (χ1n) is 6.55. The van der Waals surface area contributed by atoms with E-state index in [2.05, 4.69) is 22.2 Å². The molecule has 0 aliphatic rings. The molecule has 0 aliphatic carbocycles. The number of aromatic nitrogens is 3. The first kappa shape index (κ1) is 14.8. The summed E-state index contributed by atoms with van der Waals surface area (Å²) in [4.78, 5) is 13.8. The number of nitrogens with zero attached hydrogens (tertiary/aromatic N) is 4. The van der Waals surface area contributed by atoms with Crippen LogP contribution < -0.4 is 5.73 Å². The van der Waals surface area contributed by atoms with Crippen molar-refractivity contribution in [2.75, 3.05) is 13.6 Å². The van der Waals surface area contributed by atoms with Crippen molar-refractivity contribution in [1.82, 2.24) is 19.9 Å². The molecule has 2 N–H and O–H groups in total. The fourth-order valence-electron chi connectivity index (χ4n) is 1.85. The third kappa shape index (κ3) is 4.16. The quantitative estimate of drug-likeness (QED) is 0.816. The van der Waals surface area contributed by atoms with Gasteiger partial charge in [-0.1, -0.05) is 35.3 Å². The van der Waals surface area contributed by atoms with Crippen molar-refractivity contribution in [2.45, 2.75) is 13.1 Å². The lowest BCUT2D eigenvalue weighted by Gasteiger charge is -2.18. The van der Waals surface area contributed by atoms with Gasteiger partial charge in [-0.15, -0.1) is 5.10 Å².